The van der Waals surface area contributed by atoms with Gasteiger partial charge in [0, 0.05) is 0 Å². The number of fused-ring (bicyclic) bond motifs is 1. The molecule has 26 heavy (non-hydrogen) atoms. The van der Waals surface area contributed by atoms with E-state index in [1.165, 1.54) is 10.9 Å². The van der Waals surface area contributed by atoms with Crippen molar-refractivity contribution in [3.8, 4) is 5.75 Å². The Morgan fingerprint density at radius 2 is 1.62 bits per heavy atom. The van der Waals surface area contributed by atoms with Crippen LogP contribution in [-0.2, 0) is 11.2 Å². The summed E-state index contributed by atoms with van der Waals surface area (Å²) in [7, 11) is 0. The smallest absolute Gasteiger partial charge is 0.224 e. The van der Waals surface area contributed by atoms with Gasteiger partial charge in [-0.3, -0.25) is 4.79 Å². The molecule has 0 heterocycles. The van der Waals surface area contributed by atoms with Gasteiger partial charge in [0.05, 0.1) is 13.0 Å². The van der Waals surface area contributed by atoms with E-state index in [0.29, 0.717) is 19.6 Å². The Hall–Kier alpha value is -2.81. The standard InChI is InChI=1S/C23H25NO2/c1-16-12-17(2)23(18(3)13-16)26-11-10-24-22(25)15-19-8-9-20-6-4-5-7-21(20)14-19/h4-9,12-14H,10-11,15H2,1-3H3,(H,24,25). The molecule has 0 spiro atoms. The van der Waals surface area contributed by atoms with Crippen molar-refractivity contribution in [3.63, 3.8) is 0 Å². The lowest BCUT2D eigenvalue weighted by molar-refractivity contribution is -0.120. The Morgan fingerprint density at radius 3 is 2.35 bits per heavy atom. The molecule has 0 aliphatic rings. The molecule has 0 atom stereocenters. The molecule has 0 bridgehead atoms. The van der Waals surface area contributed by atoms with Crippen molar-refractivity contribution >= 4 is 16.7 Å². The summed E-state index contributed by atoms with van der Waals surface area (Å²) in [5, 5.41) is 5.28. The molecule has 0 saturated heterocycles. The number of ether oxygens (including phenoxy) is 1. The molecule has 1 amide bonds. The molecule has 0 unspecified atom stereocenters. The van der Waals surface area contributed by atoms with Crippen LogP contribution in [0.4, 0.5) is 0 Å². The predicted octanol–water partition coefficient (Wildman–Crippen LogP) is 4.50. The van der Waals surface area contributed by atoms with E-state index in [-0.39, 0.29) is 5.91 Å². The van der Waals surface area contributed by atoms with Crippen molar-refractivity contribution in [2.24, 2.45) is 0 Å². The summed E-state index contributed by atoms with van der Waals surface area (Å²) < 4.78 is 5.87. The minimum absolute atomic E-state index is 0.0150. The fourth-order valence-corrected chi connectivity index (χ4v) is 3.33. The first-order valence-electron chi connectivity index (χ1n) is 8.98. The first-order valence-corrected chi connectivity index (χ1v) is 8.98. The molecule has 0 saturated carbocycles. The maximum atomic E-state index is 12.2. The van der Waals surface area contributed by atoms with E-state index in [0.717, 1.165) is 27.8 Å². The third kappa shape index (κ3) is 4.42. The SMILES string of the molecule is Cc1cc(C)c(OCCNC(=O)Cc2ccc3ccccc3c2)c(C)c1. The number of aryl methyl sites for hydroxylation is 3. The molecule has 3 aromatic rings. The summed E-state index contributed by atoms with van der Waals surface area (Å²) in [6, 6.07) is 18.5. The van der Waals surface area contributed by atoms with Gasteiger partial charge >= 0.3 is 0 Å². The predicted molar refractivity (Wildman–Crippen MR) is 107 cm³/mol. The zero-order valence-electron chi connectivity index (χ0n) is 15.6. The van der Waals surface area contributed by atoms with Gasteiger partial charge in [-0.05, 0) is 48.2 Å². The van der Waals surface area contributed by atoms with Crippen LogP contribution < -0.4 is 10.1 Å². The van der Waals surface area contributed by atoms with E-state index in [2.05, 4.69) is 48.6 Å². The van der Waals surface area contributed by atoms with Crippen molar-refractivity contribution in [2.45, 2.75) is 27.2 Å². The van der Waals surface area contributed by atoms with Crippen LogP contribution in [-0.4, -0.2) is 19.1 Å². The van der Waals surface area contributed by atoms with Crippen LogP contribution in [0.5, 0.6) is 5.75 Å². The first-order chi connectivity index (χ1) is 12.5. The van der Waals surface area contributed by atoms with Crippen LogP contribution >= 0.6 is 0 Å². The fourth-order valence-electron chi connectivity index (χ4n) is 3.33. The summed E-state index contributed by atoms with van der Waals surface area (Å²) in [5.74, 6) is 0.931. The number of rotatable bonds is 6. The Labute approximate surface area is 155 Å². The number of benzene rings is 3. The van der Waals surface area contributed by atoms with E-state index in [1.807, 2.05) is 32.0 Å². The third-order valence-corrected chi connectivity index (χ3v) is 4.45. The molecule has 1 N–H and O–H groups in total. The Balaban J connectivity index is 1.50. The second-order valence-electron chi connectivity index (χ2n) is 6.78. The zero-order chi connectivity index (χ0) is 18.5. The van der Waals surface area contributed by atoms with Gasteiger partial charge in [-0.1, -0.05) is 60.2 Å². The molecule has 0 radical (unpaired) electrons. The average Bonchev–Trinajstić information content (AvgIpc) is 2.60. The lowest BCUT2D eigenvalue weighted by Crippen LogP contribution is -2.29. The van der Waals surface area contributed by atoms with Crippen LogP contribution in [0.1, 0.15) is 22.3 Å². The van der Waals surface area contributed by atoms with Gasteiger partial charge in [0.2, 0.25) is 5.91 Å². The molecule has 3 rings (SSSR count). The number of hydrogen-bond donors (Lipinski definition) is 1. The van der Waals surface area contributed by atoms with Crippen molar-refractivity contribution in [1.29, 1.82) is 0 Å². The maximum Gasteiger partial charge on any atom is 0.224 e. The molecular formula is C23H25NO2. The van der Waals surface area contributed by atoms with E-state index in [1.54, 1.807) is 0 Å². The van der Waals surface area contributed by atoms with Gasteiger partial charge in [0.1, 0.15) is 12.4 Å². The van der Waals surface area contributed by atoms with Crippen LogP contribution in [0.2, 0.25) is 0 Å². The largest absolute Gasteiger partial charge is 0.491 e. The summed E-state index contributed by atoms with van der Waals surface area (Å²) in [6.07, 6.45) is 0.382. The van der Waals surface area contributed by atoms with Crippen molar-refractivity contribution in [3.05, 3.63) is 76.9 Å². The Kier molecular flexibility index (Phi) is 5.57. The van der Waals surface area contributed by atoms with E-state index >= 15 is 0 Å². The van der Waals surface area contributed by atoms with Crippen LogP contribution in [0, 0.1) is 20.8 Å². The fraction of sp³-hybridized carbons (Fsp3) is 0.261. The summed E-state index contributed by atoms with van der Waals surface area (Å²) >= 11 is 0. The van der Waals surface area contributed by atoms with Crippen molar-refractivity contribution in [1.82, 2.24) is 5.32 Å². The second kappa shape index (κ2) is 8.05. The quantitative estimate of drug-likeness (QED) is 0.667. The van der Waals surface area contributed by atoms with Crippen LogP contribution in [0.15, 0.2) is 54.6 Å². The number of hydrogen-bond acceptors (Lipinski definition) is 2. The molecule has 3 aromatic carbocycles. The number of nitrogens with one attached hydrogen (secondary N) is 1. The summed E-state index contributed by atoms with van der Waals surface area (Å²) in [5.41, 5.74) is 4.51. The lowest BCUT2D eigenvalue weighted by Gasteiger charge is -2.13. The normalized spacial score (nSPS) is 10.7. The number of carbonyl (C=O) groups excluding carboxylic acids is 1. The topological polar surface area (TPSA) is 38.3 Å². The first kappa shape index (κ1) is 18.0. The second-order valence-corrected chi connectivity index (χ2v) is 6.78. The van der Waals surface area contributed by atoms with Crippen molar-refractivity contribution < 1.29 is 9.53 Å². The maximum absolute atomic E-state index is 12.2. The van der Waals surface area contributed by atoms with Gasteiger partial charge in [0.15, 0.2) is 0 Å². The highest BCUT2D eigenvalue weighted by Crippen LogP contribution is 2.24. The molecular weight excluding hydrogens is 322 g/mol. The van der Waals surface area contributed by atoms with Gasteiger partial charge in [-0.25, -0.2) is 0 Å². The Morgan fingerprint density at radius 1 is 0.923 bits per heavy atom. The molecule has 0 fully saturated rings. The minimum atomic E-state index is 0.0150. The number of carbonyl (C=O) groups is 1. The highest BCUT2D eigenvalue weighted by Gasteiger charge is 2.07. The molecule has 3 nitrogen and oxygen atoms in total. The van der Waals surface area contributed by atoms with Crippen molar-refractivity contribution in [2.75, 3.05) is 13.2 Å². The Bertz CT molecular complexity index is 907. The van der Waals surface area contributed by atoms with Crippen LogP contribution in [0.25, 0.3) is 10.8 Å². The summed E-state index contributed by atoms with van der Waals surface area (Å²) in [4.78, 5) is 12.2. The molecule has 134 valence electrons. The monoisotopic (exact) mass is 347 g/mol. The zero-order valence-corrected chi connectivity index (χ0v) is 15.6. The van der Waals surface area contributed by atoms with Gasteiger partial charge < -0.3 is 10.1 Å². The van der Waals surface area contributed by atoms with Gasteiger partial charge in [0.25, 0.3) is 0 Å². The van der Waals surface area contributed by atoms with Gasteiger partial charge in [-0.15, -0.1) is 0 Å². The van der Waals surface area contributed by atoms with Gasteiger partial charge in [-0.2, -0.15) is 0 Å². The molecule has 3 heteroatoms. The van der Waals surface area contributed by atoms with E-state index in [4.69, 9.17) is 4.74 Å². The third-order valence-electron chi connectivity index (χ3n) is 4.45. The summed E-state index contributed by atoms with van der Waals surface area (Å²) in [6.45, 7) is 7.14. The molecule has 0 aliphatic heterocycles. The molecule has 0 aromatic heterocycles. The highest BCUT2D eigenvalue weighted by molar-refractivity contribution is 5.85. The average molecular weight is 347 g/mol. The van der Waals surface area contributed by atoms with E-state index < -0.39 is 0 Å². The van der Waals surface area contributed by atoms with E-state index in [9.17, 15) is 4.79 Å². The minimum Gasteiger partial charge on any atom is -0.491 e. The highest BCUT2D eigenvalue weighted by atomic mass is 16.5. The van der Waals surface area contributed by atoms with Crippen LogP contribution in [0.3, 0.4) is 0 Å². The lowest BCUT2D eigenvalue weighted by atomic mass is 10.1. The number of amides is 1. The molecule has 0 aliphatic carbocycles.